The minimum atomic E-state index is -0.409. The number of carbonyl (C=O) groups is 1. The second kappa shape index (κ2) is 3.96. The zero-order valence-electron chi connectivity index (χ0n) is 8.17. The number of ether oxygens (including phenoxy) is 2. The first-order chi connectivity index (χ1) is 5.88. The molecule has 13 heavy (non-hydrogen) atoms. The number of hydrogen-bond acceptors (Lipinski definition) is 3. The van der Waals surface area contributed by atoms with Gasteiger partial charge in [-0.25, -0.2) is 0 Å². The Morgan fingerprint density at radius 2 is 2.23 bits per heavy atom. The average molecular weight is 251 g/mol. The SMILES string of the molecule is CC(C)(C)OC(=O)C(Br)CC1CO1. The molecule has 3 nitrogen and oxygen atoms in total. The number of alkyl halides is 1. The van der Waals surface area contributed by atoms with E-state index in [1.165, 1.54) is 0 Å². The quantitative estimate of drug-likeness (QED) is 0.436. The maximum absolute atomic E-state index is 11.4. The van der Waals surface area contributed by atoms with Crippen molar-refractivity contribution in [3.05, 3.63) is 0 Å². The normalized spacial score (nSPS) is 23.8. The van der Waals surface area contributed by atoms with Crippen LogP contribution in [0, 0.1) is 0 Å². The van der Waals surface area contributed by atoms with Crippen LogP contribution in [0.1, 0.15) is 27.2 Å². The third-order valence-corrected chi connectivity index (χ3v) is 2.28. The Kier molecular flexibility index (Phi) is 3.35. The van der Waals surface area contributed by atoms with Gasteiger partial charge >= 0.3 is 5.97 Å². The standard InChI is InChI=1S/C9H15BrO3/c1-9(2,3)13-8(11)7(10)4-6-5-12-6/h6-7H,4-5H2,1-3H3. The molecule has 0 spiro atoms. The summed E-state index contributed by atoms with van der Waals surface area (Å²) in [5.74, 6) is -0.206. The monoisotopic (exact) mass is 250 g/mol. The molecule has 76 valence electrons. The van der Waals surface area contributed by atoms with Crippen LogP contribution >= 0.6 is 15.9 Å². The maximum Gasteiger partial charge on any atom is 0.320 e. The zero-order chi connectivity index (χ0) is 10.1. The van der Waals surface area contributed by atoms with E-state index in [1.54, 1.807) is 0 Å². The van der Waals surface area contributed by atoms with Crippen molar-refractivity contribution in [3.8, 4) is 0 Å². The summed E-state index contributed by atoms with van der Waals surface area (Å²) in [6.07, 6.45) is 0.950. The van der Waals surface area contributed by atoms with Crippen LogP contribution in [0.2, 0.25) is 0 Å². The highest BCUT2D eigenvalue weighted by Crippen LogP contribution is 2.22. The second-order valence-corrected chi connectivity index (χ2v) is 5.30. The fraction of sp³-hybridized carbons (Fsp3) is 0.889. The molecule has 1 rings (SSSR count). The fourth-order valence-electron chi connectivity index (χ4n) is 0.897. The Labute approximate surface area is 86.9 Å². The van der Waals surface area contributed by atoms with Gasteiger partial charge in [-0.05, 0) is 27.2 Å². The van der Waals surface area contributed by atoms with Gasteiger partial charge in [0.2, 0.25) is 0 Å². The van der Waals surface area contributed by atoms with E-state index in [9.17, 15) is 4.79 Å². The molecule has 0 radical (unpaired) electrons. The lowest BCUT2D eigenvalue weighted by molar-refractivity contribution is -0.154. The Morgan fingerprint density at radius 3 is 2.62 bits per heavy atom. The predicted octanol–water partition coefficient (Wildman–Crippen LogP) is 1.88. The third-order valence-electron chi connectivity index (χ3n) is 1.53. The molecule has 2 unspecified atom stereocenters. The minimum Gasteiger partial charge on any atom is -0.459 e. The highest BCUT2D eigenvalue weighted by Gasteiger charge is 2.31. The van der Waals surface area contributed by atoms with Crippen molar-refractivity contribution < 1.29 is 14.3 Å². The molecule has 0 aromatic rings. The van der Waals surface area contributed by atoms with E-state index in [-0.39, 0.29) is 16.9 Å². The molecule has 0 aliphatic carbocycles. The zero-order valence-corrected chi connectivity index (χ0v) is 9.76. The van der Waals surface area contributed by atoms with E-state index < -0.39 is 5.60 Å². The second-order valence-electron chi connectivity index (χ2n) is 4.19. The summed E-state index contributed by atoms with van der Waals surface area (Å²) < 4.78 is 10.2. The van der Waals surface area contributed by atoms with Gasteiger partial charge in [-0.3, -0.25) is 4.79 Å². The van der Waals surface area contributed by atoms with Crippen molar-refractivity contribution in [2.24, 2.45) is 0 Å². The lowest BCUT2D eigenvalue weighted by Crippen LogP contribution is -2.29. The van der Waals surface area contributed by atoms with Crippen molar-refractivity contribution in [1.82, 2.24) is 0 Å². The predicted molar refractivity (Wildman–Crippen MR) is 52.9 cm³/mol. The molecule has 4 heteroatoms. The van der Waals surface area contributed by atoms with Crippen molar-refractivity contribution in [2.45, 2.75) is 43.7 Å². The Morgan fingerprint density at radius 1 is 1.69 bits per heavy atom. The summed E-state index contributed by atoms with van der Waals surface area (Å²) in [4.78, 5) is 11.2. The highest BCUT2D eigenvalue weighted by molar-refractivity contribution is 9.10. The fourth-order valence-corrected chi connectivity index (χ4v) is 1.41. The summed E-state index contributed by atoms with van der Waals surface area (Å²) in [6, 6.07) is 0. The molecule has 0 aromatic heterocycles. The van der Waals surface area contributed by atoms with Crippen LogP contribution in [-0.2, 0) is 14.3 Å². The highest BCUT2D eigenvalue weighted by atomic mass is 79.9. The summed E-state index contributed by atoms with van der Waals surface area (Å²) in [5.41, 5.74) is -0.409. The van der Waals surface area contributed by atoms with Gasteiger partial charge in [0.25, 0.3) is 0 Å². The number of epoxide rings is 1. The summed E-state index contributed by atoms with van der Waals surface area (Å²) >= 11 is 3.28. The first-order valence-corrected chi connectivity index (χ1v) is 5.28. The molecule has 0 amide bonds. The Hall–Kier alpha value is -0.0900. The van der Waals surface area contributed by atoms with E-state index in [0.717, 1.165) is 6.61 Å². The molecule has 1 saturated heterocycles. The lowest BCUT2D eigenvalue weighted by Gasteiger charge is -2.21. The molecule has 0 saturated carbocycles. The van der Waals surface area contributed by atoms with E-state index in [0.29, 0.717) is 6.42 Å². The van der Waals surface area contributed by atoms with Crippen LogP contribution < -0.4 is 0 Å². The van der Waals surface area contributed by atoms with E-state index >= 15 is 0 Å². The first-order valence-electron chi connectivity index (χ1n) is 4.37. The molecule has 1 aliphatic heterocycles. The molecule has 0 N–H and O–H groups in total. The van der Waals surface area contributed by atoms with Gasteiger partial charge in [-0.2, -0.15) is 0 Å². The summed E-state index contributed by atoms with van der Waals surface area (Å²) in [7, 11) is 0. The van der Waals surface area contributed by atoms with Crippen LogP contribution in [0.15, 0.2) is 0 Å². The van der Waals surface area contributed by atoms with E-state index in [4.69, 9.17) is 9.47 Å². The molecular formula is C9H15BrO3. The van der Waals surface area contributed by atoms with Crippen molar-refractivity contribution in [3.63, 3.8) is 0 Å². The number of rotatable bonds is 3. The lowest BCUT2D eigenvalue weighted by atomic mass is 10.2. The molecule has 1 heterocycles. The largest absolute Gasteiger partial charge is 0.459 e. The Bertz CT molecular complexity index is 194. The summed E-state index contributed by atoms with van der Waals surface area (Å²) in [5, 5.41) is 0. The number of carbonyl (C=O) groups excluding carboxylic acids is 1. The van der Waals surface area contributed by atoms with Gasteiger partial charge in [0, 0.05) is 0 Å². The van der Waals surface area contributed by atoms with Crippen LogP contribution in [0.3, 0.4) is 0 Å². The van der Waals surface area contributed by atoms with Gasteiger partial charge < -0.3 is 9.47 Å². The molecule has 1 aliphatic rings. The third kappa shape index (κ3) is 4.62. The summed E-state index contributed by atoms with van der Waals surface area (Å²) in [6.45, 7) is 6.35. The maximum atomic E-state index is 11.4. The average Bonchev–Trinajstić information content (AvgIpc) is 2.67. The van der Waals surface area contributed by atoms with Crippen LogP contribution in [-0.4, -0.2) is 29.1 Å². The van der Waals surface area contributed by atoms with Crippen LogP contribution in [0.25, 0.3) is 0 Å². The van der Waals surface area contributed by atoms with Crippen molar-refractivity contribution in [2.75, 3.05) is 6.61 Å². The minimum absolute atomic E-state index is 0.206. The number of hydrogen-bond donors (Lipinski definition) is 0. The van der Waals surface area contributed by atoms with Gasteiger partial charge in [0.1, 0.15) is 10.4 Å². The Balaban J connectivity index is 2.28. The molecule has 2 atom stereocenters. The molecule has 0 aromatic carbocycles. The van der Waals surface area contributed by atoms with Gasteiger partial charge in [0.05, 0.1) is 12.7 Å². The van der Waals surface area contributed by atoms with Gasteiger partial charge in [0.15, 0.2) is 0 Å². The molecule has 0 bridgehead atoms. The molecular weight excluding hydrogens is 236 g/mol. The topological polar surface area (TPSA) is 38.8 Å². The smallest absolute Gasteiger partial charge is 0.320 e. The van der Waals surface area contributed by atoms with E-state index in [1.807, 2.05) is 20.8 Å². The first kappa shape index (κ1) is 11.0. The van der Waals surface area contributed by atoms with Crippen molar-refractivity contribution >= 4 is 21.9 Å². The van der Waals surface area contributed by atoms with Crippen LogP contribution in [0.4, 0.5) is 0 Å². The molecule has 1 fully saturated rings. The van der Waals surface area contributed by atoms with Crippen molar-refractivity contribution in [1.29, 1.82) is 0 Å². The van der Waals surface area contributed by atoms with Crippen LogP contribution in [0.5, 0.6) is 0 Å². The number of halogens is 1. The number of esters is 1. The van der Waals surface area contributed by atoms with Gasteiger partial charge in [-0.1, -0.05) is 15.9 Å². The van der Waals surface area contributed by atoms with Gasteiger partial charge in [-0.15, -0.1) is 0 Å². The van der Waals surface area contributed by atoms with E-state index in [2.05, 4.69) is 15.9 Å².